The molecule has 0 aliphatic rings. The molecule has 2 aromatic rings. The highest BCUT2D eigenvalue weighted by Gasteiger charge is 2.20. The number of esters is 1. The van der Waals surface area contributed by atoms with Gasteiger partial charge >= 0.3 is 5.97 Å². The lowest BCUT2D eigenvalue weighted by Crippen LogP contribution is -2.45. The lowest BCUT2D eigenvalue weighted by Gasteiger charge is -2.16. The van der Waals surface area contributed by atoms with E-state index in [1.54, 1.807) is 18.2 Å². The number of halogens is 1. The van der Waals surface area contributed by atoms with E-state index in [9.17, 15) is 14.4 Å². The maximum atomic E-state index is 12.4. The number of rotatable bonds is 6. The van der Waals surface area contributed by atoms with Crippen LogP contribution in [0.25, 0.3) is 0 Å². The molecule has 0 bridgehead atoms. The highest BCUT2D eigenvalue weighted by Crippen LogP contribution is 2.15. The highest BCUT2D eigenvalue weighted by atomic mass is 79.9. The summed E-state index contributed by atoms with van der Waals surface area (Å²) in [6.45, 7) is 1.27. The van der Waals surface area contributed by atoms with Gasteiger partial charge in [-0.3, -0.25) is 14.4 Å². The average Bonchev–Trinajstić information content (AvgIpc) is 2.53. The van der Waals surface area contributed by atoms with Crippen LogP contribution in [0, 0.1) is 0 Å². The van der Waals surface area contributed by atoms with Crippen molar-refractivity contribution >= 4 is 33.7 Å². The Labute approximate surface area is 153 Å². The number of hydrogen-bond donors (Lipinski definition) is 2. The number of amides is 2. The Balaban J connectivity index is 2.12. The monoisotopic (exact) mass is 404 g/mol. The van der Waals surface area contributed by atoms with E-state index in [1.807, 2.05) is 24.3 Å². The molecule has 0 radical (unpaired) electrons. The van der Waals surface area contributed by atoms with Crippen LogP contribution in [0.15, 0.2) is 53.0 Å². The molecule has 0 heterocycles. The number of carbonyl (C=O) groups excluding carboxylic acids is 3. The van der Waals surface area contributed by atoms with Crippen molar-refractivity contribution in [2.45, 2.75) is 19.4 Å². The zero-order valence-electron chi connectivity index (χ0n) is 13.5. The Bertz CT molecular complexity index is 807. The van der Waals surface area contributed by atoms with Crippen LogP contribution in [-0.4, -0.2) is 23.8 Å². The maximum absolute atomic E-state index is 12.4. The third-order valence-electron chi connectivity index (χ3n) is 3.34. The minimum Gasteiger partial charge on any atom is -0.427 e. The van der Waals surface area contributed by atoms with Crippen LogP contribution in [0.4, 0.5) is 0 Å². The van der Waals surface area contributed by atoms with Gasteiger partial charge in [-0.2, -0.15) is 0 Å². The predicted molar refractivity (Wildman–Crippen MR) is 96.0 cm³/mol. The molecule has 0 saturated carbocycles. The Morgan fingerprint density at radius 2 is 1.88 bits per heavy atom. The van der Waals surface area contributed by atoms with E-state index in [0.717, 1.165) is 10.0 Å². The Hall–Kier alpha value is -2.67. The minimum absolute atomic E-state index is 0.253. The summed E-state index contributed by atoms with van der Waals surface area (Å²) in [5.41, 5.74) is 6.53. The fourth-order valence-corrected chi connectivity index (χ4v) is 2.68. The maximum Gasteiger partial charge on any atom is 0.308 e. The summed E-state index contributed by atoms with van der Waals surface area (Å²) in [7, 11) is 0. The molecule has 3 N–H and O–H groups in total. The fraction of sp³-hybridized carbons (Fsp3) is 0.167. The summed E-state index contributed by atoms with van der Waals surface area (Å²) >= 11 is 3.36. The molecular weight excluding hydrogens is 388 g/mol. The lowest BCUT2D eigenvalue weighted by atomic mass is 10.0. The summed E-state index contributed by atoms with van der Waals surface area (Å²) in [5, 5.41) is 2.61. The number of ether oxygens (including phenoxy) is 1. The van der Waals surface area contributed by atoms with Gasteiger partial charge in [-0.05, 0) is 35.9 Å². The molecule has 0 fully saturated rings. The van der Waals surface area contributed by atoms with Crippen molar-refractivity contribution in [2.75, 3.05) is 0 Å². The molecule has 7 heteroatoms. The van der Waals surface area contributed by atoms with E-state index in [2.05, 4.69) is 21.2 Å². The second-order valence-corrected chi connectivity index (χ2v) is 6.30. The molecule has 130 valence electrons. The smallest absolute Gasteiger partial charge is 0.308 e. The van der Waals surface area contributed by atoms with Gasteiger partial charge in [0.15, 0.2) is 0 Å². The largest absolute Gasteiger partial charge is 0.427 e. The van der Waals surface area contributed by atoms with Gasteiger partial charge in [0.05, 0.1) is 0 Å². The zero-order chi connectivity index (χ0) is 18.4. The predicted octanol–water partition coefficient (Wildman–Crippen LogP) is 2.20. The topological polar surface area (TPSA) is 98.5 Å². The molecule has 6 nitrogen and oxygen atoms in total. The standard InChI is InChI=1S/C18H17BrN2O4/c1-11(22)25-15-7-3-5-13(10-15)18(24)21-16(17(20)23)9-12-4-2-6-14(19)8-12/h2-8,10,16H,9H2,1H3,(H2,20,23)(H,21,24)/t16-/m0/s1. The van der Waals surface area contributed by atoms with Crippen LogP contribution < -0.4 is 15.8 Å². The molecule has 0 unspecified atom stereocenters. The van der Waals surface area contributed by atoms with Crippen LogP contribution in [0.1, 0.15) is 22.8 Å². The van der Waals surface area contributed by atoms with E-state index < -0.39 is 23.8 Å². The SMILES string of the molecule is CC(=O)Oc1cccc(C(=O)N[C@@H](Cc2cccc(Br)c2)C(N)=O)c1. The van der Waals surface area contributed by atoms with Gasteiger partial charge in [0.25, 0.3) is 5.91 Å². The second kappa shape index (κ2) is 8.43. The van der Waals surface area contributed by atoms with Crippen molar-refractivity contribution in [2.24, 2.45) is 5.73 Å². The Morgan fingerprint density at radius 1 is 1.16 bits per heavy atom. The quantitative estimate of drug-likeness (QED) is 0.569. The van der Waals surface area contributed by atoms with Crippen molar-refractivity contribution in [1.82, 2.24) is 5.32 Å². The molecule has 2 aromatic carbocycles. The normalized spacial score (nSPS) is 11.4. The van der Waals surface area contributed by atoms with Gasteiger partial charge < -0.3 is 15.8 Å². The first-order valence-electron chi connectivity index (χ1n) is 7.48. The molecule has 2 amide bonds. The lowest BCUT2D eigenvalue weighted by molar-refractivity contribution is -0.131. The van der Waals surface area contributed by atoms with E-state index >= 15 is 0 Å². The molecular formula is C18H17BrN2O4. The molecule has 0 saturated heterocycles. The summed E-state index contributed by atoms with van der Waals surface area (Å²) < 4.78 is 5.82. The number of nitrogens with two attached hydrogens (primary N) is 1. The second-order valence-electron chi connectivity index (χ2n) is 5.38. The number of benzene rings is 2. The molecule has 0 aromatic heterocycles. The fourth-order valence-electron chi connectivity index (χ4n) is 2.23. The molecule has 25 heavy (non-hydrogen) atoms. The first kappa shape index (κ1) is 18.7. The van der Waals surface area contributed by atoms with Crippen LogP contribution >= 0.6 is 15.9 Å². The molecule has 0 aliphatic carbocycles. The highest BCUT2D eigenvalue weighted by molar-refractivity contribution is 9.10. The summed E-state index contributed by atoms with van der Waals surface area (Å²) in [4.78, 5) is 35.1. The Kier molecular flexibility index (Phi) is 6.30. The van der Waals surface area contributed by atoms with Gasteiger partial charge in [-0.1, -0.05) is 34.1 Å². The number of nitrogens with one attached hydrogen (secondary N) is 1. The van der Waals surface area contributed by atoms with Gasteiger partial charge in [0.2, 0.25) is 5.91 Å². The van der Waals surface area contributed by atoms with Crippen molar-refractivity contribution in [3.63, 3.8) is 0 Å². The molecule has 0 spiro atoms. The Morgan fingerprint density at radius 3 is 2.52 bits per heavy atom. The van der Waals surface area contributed by atoms with Crippen molar-refractivity contribution in [3.05, 3.63) is 64.1 Å². The van der Waals surface area contributed by atoms with Crippen molar-refractivity contribution in [3.8, 4) is 5.75 Å². The van der Waals surface area contributed by atoms with Crippen molar-refractivity contribution in [1.29, 1.82) is 0 Å². The number of hydrogen-bond acceptors (Lipinski definition) is 4. The van der Waals surface area contributed by atoms with E-state index in [1.165, 1.54) is 13.0 Å². The molecule has 1 atom stereocenters. The molecule has 2 rings (SSSR count). The van der Waals surface area contributed by atoms with Crippen LogP contribution in [0.5, 0.6) is 5.75 Å². The molecule has 0 aliphatic heterocycles. The van der Waals surface area contributed by atoms with Gasteiger partial charge in [-0.15, -0.1) is 0 Å². The number of carbonyl (C=O) groups is 3. The van der Waals surface area contributed by atoms with Gasteiger partial charge in [-0.25, -0.2) is 0 Å². The van der Waals surface area contributed by atoms with Gasteiger partial charge in [0, 0.05) is 23.4 Å². The van der Waals surface area contributed by atoms with E-state index in [-0.39, 0.29) is 17.7 Å². The summed E-state index contributed by atoms with van der Waals surface area (Å²) in [5.74, 6) is -1.35. The minimum atomic E-state index is -0.862. The van der Waals surface area contributed by atoms with Crippen LogP contribution in [0.3, 0.4) is 0 Å². The van der Waals surface area contributed by atoms with E-state index in [0.29, 0.717) is 0 Å². The summed E-state index contributed by atoms with van der Waals surface area (Å²) in [6.07, 6.45) is 0.268. The zero-order valence-corrected chi connectivity index (χ0v) is 15.1. The van der Waals surface area contributed by atoms with E-state index in [4.69, 9.17) is 10.5 Å². The summed E-state index contributed by atoms with van der Waals surface area (Å²) in [6, 6.07) is 12.7. The van der Waals surface area contributed by atoms with Crippen LogP contribution in [0.2, 0.25) is 0 Å². The third kappa shape index (κ3) is 5.72. The third-order valence-corrected chi connectivity index (χ3v) is 3.83. The first-order valence-corrected chi connectivity index (χ1v) is 8.27. The van der Waals surface area contributed by atoms with Gasteiger partial charge in [0.1, 0.15) is 11.8 Å². The average molecular weight is 405 g/mol. The number of primary amides is 1. The first-order chi connectivity index (χ1) is 11.8. The van der Waals surface area contributed by atoms with Crippen LogP contribution in [-0.2, 0) is 16.0 Å². The van der Waals surface area contributed by atoms with Crippen molar-refractivity contribution < 1.29 is 19.1 Å².